The second-order valence-corrected chi connectivity index (χ2v) is 17.5. The molecule has 0 amide bonds. The van der Waals surface area contributed by atoms with Crippen molar-refractivity contribution >= 4 is 19.7 Å². The van der Waals surface area contributed by atoms with Gasteiger partial charge in [0.05, 0.1) is 19.6 Å². The standard InChI is InChI=1S/C45H44O6S2/c1-6-45(5,7-2)37-16-28-43(29-17-37)53(48,49)44-30-22-40(23-31-44)51-39-20-12-36(13-21-39)35-10-18-38(19-11-35)50-33(4)34-14-26-42(27-15-34)52(46,47)41-24-8-32(3)9-25-41/h8-31,33H,6-7H2,1-5H3. The molecular weight excluding hydrogens is 701 g/mol. The summed E-state index contributed by atoms with van der Waals surface area (Å²) in [4.78, 5) is 0.997. The van der Waals surface area contributed by atoms with Crippen molar-refractivity contribution in [3.8, 4) is 28.4 Å². The van der Waals surface area contributed by atoms with Crippen LogP contribution in [0.15, 0.2) is 165 Å². The number of hydrogen-bond acceptors (Lipinski definition) is 6. The quantitative estimate of drug-likeness (QED) is 0.117. The monoisotopic (exact) mass is 744 g/mol. The highest BCUT2D eigenvalue weighted by atomic mass is 32.2. The van der Waals surface area contributed by atoms with E-state index in [1.54, 1.807) is 84.9 Å². The first-order valence-electron chi connectivity index (χ1n) is 17.7. The minimum atomic E-state index is -3.67. The van der Waals surface area contributed by atoms with Gasteiger partial charge in [-0.3, -0.25) is 0 Å². The molecule has 0 aliphatic rings. The highest BCUT2D eigenvalue weighted by Gasteiger charge is 2.24. The van der Waals surface area contributed by atoms with E-state index in [0.29, 0.717) is 17.2 Å². The summed E-state index contributed by atoms with van der Waals surface area (Å²) in [6.45, 7) is 10.4. The van der Waals surface area contributed by atoms with Crippen LogP contribution >= 0.6 is 0 Å². The molecular formula is C45H44O6S2. The summed E-state index contributed by atoms with van der Waals surface area (Å²) in [6.07, 6.45) is 1.67. The molecule has 6 nitrogen and oxygen atoms in total. The van der Waals surface area contributed by atoms with Gasteiger partial charge in [-0.2, -0.15) is 0 Å². The third-order valence-electron chi connectivity index (χ3n) is 10.1. The van der Waals surface area contributed by atoms with Gasteiger partial charge in [0.15, 0.2) is 0 Å². The van der Waals surface area contributed by atoms with Crippen molar-refractivity contribution in [2.24, 2.45) is 0 Å². The second kappa shape index (κ2) is 15.4. The first kappa shape index (κ1) is 37.6. The van der Waals surface area contributed by atoms with Gasteiger partial charge in [-0.15, -0.1) is 0 Å². The molecule has 0 saturated heterocycles. The van der Waals surface area contributed by atoms with Crippen molar-refractivity contribution in [3.05, 3.63) is 162 Å². The van der Waals surface area contributed by atoms with Gasteiger partial charge in [0.2, 0.25) is 19.7 Å². The molecule has 6 rings (SSSR count). The average molecular weight is 745 g/mol. The Balaban J connectivity index is 1.05. The van der Waals surface area contributed by atoms with Gasteiger partial charge in [-0.25, -0.2) is 16.8 Å². The van der Waals surface area contributed by atoms with Gasteiger partial charge in [-0.05, 0) is 139 Å². The third-order valence-corrected chi connectivity index (χ3v) is 13.7. The third kappa shape index (κ3) is 8.24. The molecule has 0 fully saturated rings. The van der Waals surface area contributed by atoms with Crippen LogP contribution in [0, 0.1) is 6.92 Å². The SMILES string of the molecule is CCC(C)(CC)c1ccc(S(=O)(=O)c2ccc(Oc3ccc(-c4ccc(OC(C)c5ccc(S(=O)(=O)c6ccc(C)cc6)cc5)cc4)cc3)cc2)cc1. The zero-order chi connectivity index (χ0) is 37.8. The summed E-state index contributed by atoms with van der Waals surface area (Å²) in [5.41, 5.74) is 5.02. The van der Waals surface area contributed by atoms with Crippen molar-refractivity contribution in [3.63, 3.8) is 0 Å². The smallest absolute Gasteiger partial charge is 0.206 e. The topological polar surface area (TPSA) is 86.7 Å². The van der Waals surface area contributed by atoms with Gasteiger partial charge >= 0.3 is 0 Å². The van der Waals surface area contributed by atoms with Crippen LogP contribution in [-0.4, -0.2) is 16.8 Å². The molecule has 0 bridgehead atoms. The van der Waals surface area contributed by atoms with Crippen molar-refractivity contribution in [2.45, 2.75) is 78.6 Å². The fourth-order valence-corrected chi connectivity index (χ4v) is 8.66. The first-order valence-corrected chi connectivity index (χ1v) is 20.7. The molecule has 6 aromatic rings. The summed E-state index contributed by atoms with van der Waals surface area (Å²) >= 11 is 0. The summed E-state index contributed by atoms with van der Waals surface area (Å²) in [6, 6.07) is 42.8. The lowest BCUT2D eigenvalue weighted by Crippen LogP contribution is -2.19. The molecule has 0 aliphatic carbocycles. The first-order chi connectivity index (χ1) is 25.3. The van der Waals surface area contributed by atoms with Gasteiger partial charge in [0, 0.05) is 0 Å². The van der Waals surface area contributed by atoms with E-state index in [0.717, 1.165) is 40.7 Å². The van der Waals surface area contributed by atoms with Crippen LogP contribution in [0.3, 0.4) is 0 Å². The molecule has 1 atom stereocenters. The van der Waals surface area contributed by atoms with Gasteiger partial charge in [-0.1, -0.05) is 87.0 Å². The molecule has 0 radical (unpaired) electrons. The molecule has 0 aliphatic heterocycles. The maximum Gasteiger partial charge on any atom is 0.206 e. The van der Waals surface area contributed by atoms with Crippen LogP contribution in [0.2, 0.25) is 0 Å². The highest BCUT2D eigenvalue weighted by Crippen LogP contribution is 2.34. The molecule has 8 heteroatoms. The zero-order valence-electron chi connectivity index (χ0n) is 30.6. The van der Waals surface area contributed by atoms with E-state index < -0.39 is 19.7 Å². The van der Waals surface area contributed by atoms with Crippen molar-refractivity contribution in [1.82, 2.24) is 0 Å². The number of sulfone groups is 2. The Morgan fingerprint density at radius 2 is 0.868 bits per heavy atom. The number of aryl methyl sites for hydroxylation is 1. The molecule has 0 saturated carbocycles. The predicted molar refractivity (Wildman–Crippen MR) is 210 cm³/mol. The lowest BCUT2D eigenvalue weighted by atomic mass is 9.78. The van der Waals surface area contributed by atoms with E-state index in [-0.39, 0.29) is 31.1 Å². The largest absolute Gasteiger partial charge is 0.486 e. The van der Waals surface area contributed by atoms with E-state index in [1.807, 2.05) is 74.5 Å². The number of ether oxygens (including phenoxy) is 2. The Hall–Kier alpha value is -5.18. The van der Waals surface area contributed by atoms with E-state index in [9.17, 15) is 16.8 Å². The maximum atomic E-state index is 13.3. The van der Waals surface area contributed by atoms with Gasteiger partial charge in [0.25, 0.3) is 0 Å². The maximum absolute atomic E-state index is 13.3. The molecule has 272 valence electrons. The minimum absolute atomic E-state index is 0.0219. The normalized spacial score (nSPS) is 12.6. The van der Waals surface area contributed by atoms with Crippen LogP contribution in [0.5, 0.6) is 17.2 Å². The van der Waals surface area contributed by atoms with E-state index in [1.165, 1.54) is 0 Å². The lowest BCUT2D eigenvalue weighted by Gasteiger charge is -2.27. The summed E-state index contributed by atoms with van der Waals surface area (Å²) in [5, 5.41) is 0. The van der Waals surface area contributed by atoms with Crippen LogP contribution < -0.4 is 9.47 Å². The van der Waals surface area contributed by atoms with E-state index in [4.69, 9.17) is 9.47 Å². The number of rotatable bonds is 13. The van der Waals surface area contributed by atoms with Crippen molar-refractivity contribution in [2.75, 3.05) is 0 Å². The van der Waals surface area contributed by atoms with Crippen molar-refractivity contribution in [1.29, 1.82) is 0 Å². The zero-order valence-corrected chi connectivity index (χ0v) is 32.2. The van der Waals surface area contributed by atoms with Crippen LogP contribution in [0.4, 0.5) is 0 Å². The Kier molecular flexibility index (Phi) is 10.9. The Labute approximate surface area is 313 Å². The number of benzene rings is 6. The molecule has 0 aromatic heterocycles. The molecule has 0 spiro atoms. The Bertz CT molecular complexity index is 2360. The van der Waals surface area contributed by atoms with Gasteiger partial charge in [0.1, 0.15) is 23.4 Å². The molecule has 0 heterocycles. The summed E-state index contributed by atoms with van der Waals surface area (Å²) < 4.78 is 64.9. The van der Waals surface area contributed by atoms with E-state index in [2.05, 4.69) is 20.8 Å². The Morgan fingerprint density at radius 3 is 1.30 bits per heavy atom. The predicted octanol–water partition coefficient (Wildman–Crippen LogP) is 11.3. The fourth-order valence-electron chi connectivity index (χ4n) is 6.14. The number of hydrogen-bond donors (Lipinski definition) is 0. The highest BCUT2D eigenvalue weighted by molar-refractivity contribution is 7.91. The van der Waals surface area contributed by atoms with Crippen molar-refractivity contribution < 1.29 is 26.3 Å². The molecule has 6 aromatic carbocycles. The van der Waals surface area contributed by atoms with Crippen LogP contribution in [0.25, 0.3) is 11.1 Å². The summed E-state index contributed by atoms with van der Waals surface area (Å²) in [5.74, 6) is 1.85. The molecule has 0 N–H and O–H groups in total. The Morgan fingerprint density at radius 1 is 0.509 bits per heavy atom. The molecule has 53 heavy (non-hydrogen) atoms. The average Bonchev–Trinajstić information content (AvgIpc) is 3.18. The fraction of sp³-hybridized carbons (Fsp3) is 0.200. The lowest BCUT2D eigenvalue weighted by molar-refractivity contribution is 0.227. The summed E-state index contributed by atoms with van der Waals surface area (Å²) in [7, 11) is -7.26. The minimum Gasteiger partial charge on any atom is -0.486 e. The van der Waals surface area contributed by atoms with Crippen LogP contribution in [0.1, 0.15) is 63.3 Å². The van der Waals surface area contributed by atoms with Gasteiger partial charge < -0.3 is 9.47 Å². The van der Waals surface area contributed by atoms with E-state index >= 15 is 0 Å². The second-order valence-electron chi connectivity index (χ2n) is 13.6. The molecule has 1 unspecified atom stereocenters. The van der Waals surface area contributed by atoms with Crippen LogP contribution in [-0.2, 0) is 25.1 Å².